The molecular weight excluding hydrogens is 652 g/mol. The van der Waals surface area contributed by atoms with Gasteiger partial charge in [0.25, 0.3) is 15.9 Å². The number of methoxy groups -OCH3 is 2. The first-order chi connectivity index (χ1) is 21.9. The first-order valence-electron chi connectivity index (χ1n) is 13.9. The third kappa shape index (κ3) is 6.97. The lowest BCUT2D eigenvalue weighted by Crippen LogP contribution is -2.29. The first-order valence-corrected chi connectivity index (χ1v) is 17.2. The molecule has 14 heteroatoms. The van der Waals surface area contributed by atoms with Crippen molar-refractivity contribution < 1.29 is 31.1 Å². The number of H-pyrrole nitrogens is 1. The Morgan fingerprint density at radius 3 is 2.17 bits per heavy atom. The highest BCUT2D eigenvalue weighted by atomic mass is 35.5. The summed E-state index contributed by atoms with van der Waals surface area (Å²) in [6.45, 7) is 0.261. The molecule has 0 bridgehead atoms. The summed E-state index contributed by atoms with van der Waals surface area (Å²) >= 11 is 5.90. The molecule has 0 atom stereocenters. The topological polar surface area (TPSA) is 147 Å². The number of likely N-dealkylation sites (N-methyl/N-ethyl adjacent to an activating group) is 1. The zero-order valence-electron chi connectivity index (χ0n) is 25.1. The van der Waals surface area contributed by atoms with Crippen LogP contribution in [0, 0.1) is 0 Å². The summed E-state index contributed by atoms with van der Waals surface area (Å²) in [6.07, 6.45) is 2.40. The van der Waals surface area contributed by atoms with Crippen LogP contribution < -0.4 is 19.5 Å². The highest BCUT2D eigenvalue weighted by molar-refractivity contribution is 7.92. The third-order valence-corrected chi connectivity index (χ3v) is 10.8. The van der Waals surface area contributed by atoms with E-state index in [2.05, 4.69) is 15.0 Å². The van der Waals surface area contributed by atoms with Crippen molar-refractivity contribution in [3.05, 3.63) is 107 Å². The van der Waals surface area contributed by atoms with Crippen LogP contribution in [-0.4, -0.2) is 59.8 Å². The van der Waals surface area contributed by atoms with Gasteiger partial charge in [0.15, 0.2) is 11.5 Å². The molecule has 0 aliphatic carbocycles. The van der Waals surface area contributed by atoms with E-state index < -0.39 is 26.0 Å². The van der Waals surface area contributed by atoms with Crippen molar-refractivity contribution in [2.75, 3.05) is 37.9 Å². The summed E-state index contributed by atoms with van der Waals surface area (Å²) in [7, 11) is -3.66. The molecule has 46 heavy (non-hydrogen) atoms. The van der Waals surface area contributed by atoms with Gasteiger partial charge in [-0.15, -0.1) is 0 Å². The largest absolute Gasteiger partial charge is 0.493 e. The van der Waals surface area contributed by atoms with Crippen molar-refractivity contribution in [2.24, 2.45) is 0 Å². The number of carbonyl (C=O) groups excluding carboxylic acids is 1. The molecule has 0 saturated carbocycles. The van der Waals surface area contributed by atoms with Crippen LogP contribution in [-0.2, 0) is 26.5 Å². The van der Waals surface area contributed by atoms with Gasteiger partial charge in [0.1, 0.15) is 0 Å². The van der Waals surface area contributed by atoms with E-state index in [-0.39, 0.29) is 44.8 Å². The van der Waals surface area contributed by atoms with Gasteiger partial charge in [0, 0.05) is 47.5 Å². The monoisotopic (exact) mass is 682 g/mol. The van der Waals surface area contributed by atoms with Gasteiger partial charge in [-0.25, -0.2) is 21.1 Å². The van der Waals surface area contributed by atoms with Crippen molar-refractivity contribution in [3.63, 3.8) is 0 Å². The average molecular weight is 683 g/mol. The fraction of sp³-hybridized carbons (Fsp3) is 0.156. The van der Waals surface area contributed by atoms with Crippen molar-refractivity contribution in [2.45, 2.75) is 16.2 Å². The van der Waals surface area contributed by atoms with E-state index in [9.17, 15) is 21.6 Å². The van der Waals surface area contributed by atoms with Crippen molar-refractivity contribution in [1.82, 2.24) is 9.29 Å². The van der Waals surface area contributed by atoms with Gasteiger partial charge in [-0.05, 0) is 72.6 Å². The van der Waals surface area contributed by atoms with E-state index in [1.807, 2.05) is 30.5 Å². The fourth-order valence-electron chi connectivity index (χ4n) is 4.79. The molecular formula is C32H31ClN4O7S2. The number of nitrogens with one attached hydrogen (secondary N) is 3. The van der Waals surface area contributed by atoms with Crippen LogP contribution in [0.4, 0.5) is 11.4 Å². The van der Waals surface area contributed by atoms with Crippen LogP contribution in [0.25, 0.3) is 10.9 Å². The number of rotatable bonds is 12. The maximum Gasteiger partial charge on any atom is 0.261 e. The number of carbonyl (C=O) groups is 1. The van der Waals surface area contributed by atoms with Gasteiger partial charge in [0.05, 0.1) is 35.3 Å². The minimum absolute atomic E-state index is 0.0504. The van der Waals surface area contributed by atoms with E-state index in [0.717, 1.165) is 16.5 Å². The number of hydrogen-bond acceptors (Lipinski definition) is 7. The lowest BCUT2D eigenvalue weighted by Gasteiger charge is -2.18. The van der Waals surface area contributed by atoms with E-state index in [0.29, 0.717) is 11.4 Å². The lowest BCUT2D eigenvalue weighted by molar-refractivity contribution is 0.102. The van der Waals surface area contributed by atoms with Gasteiger partial charge in [-0.2, -0.15) is 0 Å². The predicted molar refractivity (Wildman–Crippen MR) is 178 cm³/mol. The molecule has 0 aliphatic rings. The molecule has 5 rings (SSSR count). The zero-order chi connectivity index (χ0) is 33.1. The Kier molecular flexibility index (Phi) is 9.58. The zero-order valence-corrected chi connectivity index (χ0v) is 27.5. The molecule has 0 fully saturated rings. The summed E-state index contributed by atoms with van der Waals surface area (Å²) in [5.41, 5.74) is 2.15. The Morgan fingerprint density at radius 2 is 1.50 bits per heavy atom. The maximum atomic E-state index is 13.5. The molecule has 1 amide bonds. The number of ether oxygens (including phenoxy) is 2. The maximum absolute atomic E-state index is 13.5. The van der Waals surface area contributed by atoms with Crippen LogP contribution in [0.15, 0.2) is 101 Å². The number of halogens is 1. The summed E-state index contributed by atoms with van der Waals surface area (Å²) in [5, 5.41) is 4.10. The van der Waals surface area contributed by atoms with E-state index in [1.165, 1.54) is 86.2 Å². The Labute approximate surface area is 272 Å². The minimum Gasteiger partial charge on any atom is -0.493 e. The molecule has 0 aliphatic heterocycles. The van der Waals surface area contributed by atoms with Crippen LogP contribution in [0.5, 0.6) is 11.5 Å². The van der Waals surface area contributed by atoms with Gasteiger partial charge >= 0.3 is 0 Å². The van der Waals surface area contributed by atoms with Crippen LogP contribution >= 0.6 is 11.6 Å². The summed E-state index contributed by atoms with van der Waals surface area (Å²) in [5.74, 6) is -0.295. The second-order valence-corrected chi connectivity index (χ2v) is 14.4. The van der Waals surface area contributed by atoms with Crippen LogP contribution in [0.3, 0.4) is 0 Å². The normalized spacial score (nSPS) is 11.8. The van der Waals surface area contributed by atoms with Crippen molar-refractivity contribution in [3.8, 4) is 11.5 Å². The van der Waals surface area contributed by atoms with Gasteiger partial charge in [-0.1, -0.05) is 29.8 Å². The molecule has 0 radical (unpaired) electrons. The molecule has 1 heterocycles. The molecule has 0 saturated heterocycles. The molecule has 0 spiro atoms. The first kappa shape index (κ1) is 32.8. The van der Waals surface area contributed by atoms with E-state index >= 15 is 0 Å². The quantitative estimate of drug-likeness (QED) is 0.152. The number of sulfonamides is 2. The molecule has 240 valence electrons. The Morgan fingerprint density at radius 1 is 0.870 bits per heavy atom. The van der Waals surface area contributed by atoms with Gasteiger partial charge in [-0.3, -0.25) is 9.52 Å². The number of amides is 1. The van der Waals surface area contributed by atoms with Crippen LogP contribution in [0.1, 0.15) is 15.9 Å². The number of fused-ring (bicyclic) bond motifs is 1. The van der Waals surface area contributed by atoms with Crippen LogP contribution in [0.2, 0.25) is 5.02 Å². The second-order valence-electron chi connectivity index (χ2n) is 10.2. The fourth-order valence-corrected chi connectivity index (χ4v) is 7.16. The van der Waals surface area contributed by atoms with Crippen molar-refractivity contribution >= 4 is 59.8 Å². The van der Waals surface area contributed by atoms with Gasteiger partial charge in [0.2, 0.25) is 10.0 Å². The Bertz CT molecular complexity index is 2100. The SMILES string of the molecule is COc1cc(NS(=O)(=O)c2ccc(Cl)cc2)c(C(=O)Nc2ccc(S(=O)(=O)N(C)CCc3c[nH]c4ccccc34)cc2)cc1OC. The van der Waals surface area contributed by atoms with E-state index in [1.54, 1.807) is 0 Å². The predicted octanol–water partition coefficient (Wildman–Crippen LogP) is 5.75. The number of nitrogens with zero attached hydrogens (tertiary/aromatic N) is 1. The molecule has 11 nitrogen and oxygen atoms in total. The Balaban J connectivity index is 1.33. The lowest BCUT2D eigenvalue weighted by atomic mass is 10.1. The standard InChI is InChI=1S/C32H31ClN4O7S2/c1-37(17-16-21-20-34-28-7-5-4-6-26(21)28)46(41,42)25-14-10-23(11-15-25)35-32(38)27-18-30(43-2)31(44-3)19-29(27)36-45(39,40)24-12-8-22(33)9-13-24/h4-15,18-20,34,36H,16-17H2,1-3H3,(H,35,38). The average Bonchev–Trinajstić information content (AvgIpc) is 3.46. The third-order valence-electron chi connectivity index (χ3n) is 7.33. The van der Waals surface area contributed by atoms with Gasteiger partial charge < -0.3 is 19.8 Å². The molecule has 1 aromatic heterocycles. The molecule has 0 unspecified atom stereocenters. The second kappa shape index (κ2) is 13.4. The smallest absolute Gasteiger partial charge is 0.261 e. The molecule has 3 N–H and O–H groups in total. The summed E-state index contributed by atoms with van der Waals surface area (Å²) in [6, 6.07) is 21.7. The Hall–Kier alpha value is -4.56. The van der Waals surface area contributed by atoms with E-state index in [4.69, 9.17) is 21.1 Å². The number of aromatic nitrogens is 1. The summed E-state index contributed by atoms with van der Waals surface area (Å²) in [4.78, 5) is 16.6. The minimum atomic E-state index is -4.12. The number of aromatic amines is 1. The number of anilines is 2. The number of para-hydroxylation sites is 1. The van der Waals surface area contributed by atoms with Crippen molar-refractivity contribution in [1.29, 1.82) is 0 Å². The highest BCUT2D eigenvalue weighted by Gasteiger charge is 2.24. The molecule has 5 aromatic rings. The summed E-state index contributed by atoms with van der Waals surface area (Å²) < 4.78 is 67.2. The number of benzene rings is 4. The highest BCUT2D eigenvalue weighted by Crippen LogP contribution is 2.35. The number of hydrogen-bond donors (Lipinski definition) is 3. The molecule has 4 aromatic carbocycles.